The summed E-state index contributed by atoms with van der Waals surface area (Å²) in [4.78, 5) is 24.4. The Bertz CT molecular complexity index is 1740. The molecule has 0 spiro atoms. The zero-order chi connectivity index (χ0) is 34.5. The number of nitrogens with zero attached hydrogens (tertiary/aromatic N) is 5. The summed E-state index contributed by atoms with van der Waals surface area (Å²) in [6.45, 7) is 22.0. The molecule has 5 aromatic rings. The molecule has 246 valence electrons. The highest BCUT2D eigenvalue weighted by atomic mass is 14.8. The first-order valence-electron chi connectivity index (χ1n) is 17.2. The third-order valence-electron chi connectivity index (χ3n) is 8.87. The molecule has 0 atom stereocenters. The van der Waals surface area contributed by atoms with Crippen LogP contribution in [0, 0.1) is 0 Å². The van der Waals surface area contributed by atoms with Gasteiger partial charge in [-0.25, -0.2) is 4.98 Å². The molecule has 48 heavy (non-hydrogen) atoms. The molecule has 0 saturated carbocycles. The Kier molecular flexibility index (Phi) is 10.8. The fourth-order valence-corrected chi connectivity index (χ4v) is 6.07. The van der Waals surface area contributed by atoms with Gasteiger partial charge in [-0.15, -0.1) is 0 Å². The van der Waals surface area contributed by atoms with Crippen molar-refractivity contribution in [2.24, 2.45) is 9.98 Å². The van der Waals surface area contributed by atoms with Crippen molar-refractivity contribution in [2.75, 3.05) is 0 Å². The van der Waals surface area contributed by atoms with Crippen molar-refractivity contribution in [1.82, 2.24) is 15.0 Å². The average Bonchev–Trinajstić information content (AvgIpc) is 3.08. The highest BCUT2D eigenvalue weighted by molar-refractivity contribution is 6.03. The topological polar surface area (TPSA) is 63.4 Å². The lowest BCUT2D eigenvalue weighted by molar-refractivity contribution is 0.835. The van der Waals surface area contributed by atoms with Crippen molar-refractivity contribution in [2.45, 2.75) is 92.9 Å². The smallest absolute Gasteiger partial charge is 0.0849 e. The molecule has 0 aliphatic heterocycles. The van der Waals surface area contributed by atoms with Crippen molar-refractivity contribution in [3.63, 3.8) is 0 Å². The Morgan fingerprint density at radius 3 is 1.12 bits per heavy atom. The number of aliphatic imine (C=N–C) groups is 2. The van der Waals surface area contributed by atoms with Gasteiger partial charge in [0.1, 0.15) is 0 Å². The van der Waals surface area contributed by atoms with Gasteiger partial charge in [-0.1, -0.05) is 73.6 Å². The van der Waals surface area contributed by atoms with Crippen LogP contribution in [0.1, 0.15) is 127 Å². The van der Waals surface area contributed by atoms with E-state index in [4.69, 9.17) is 15.0 Å². The molecular formula is C43H49N5. The monoisotopic (exact) mass is 635 g/mol. The minimum Gasteiger partial charge on any atom is -0.264 e. The van der Waals surface area contributed by atoms with Gasteiger partial charge in [0.15, 0.2) is 0 Å². The van der Waals surface area contributed by atoms with Gasteiger partial charge in [-0.05, 0) is 119 Å². The van der Waals surface area contributed by atoms with Gasteiger partial charge in [-0.2, -0.15) is 0 Å². The van der Waals surface area contributed by atoms with Crippen LogP contribution in [-0.4, -0.2) is 26.4 Å². The highest BCUT2D eigenvalue weighted by Gasteiger charge is 2.19. The minimum absolute atomic E-state index is 0.300. The fourth-order valence-electron chi connectivity index (χ4n) is 6.07. The number of hydrogen-bond acceptors (Lipinski definition) is 5. The largest absolute Gasteiger partial charge is 0.264 e. The predicted molar refractivity (Wildman–Crippen MR) is 204 cm³/mol. The molecule has 5 rings (SSSR count). The van der Waals surface area contributed by atoms with E-state index in [1.807, 2.05) is 49.1 Å². The van der Waals surface area contributed by atoms with E-state index in [0.717, 1.165) is 45.3 Å². The summed E-state index contributed by atoms with van der Waals surface area (Å²) in [5.41, 5.74) is 15.0. The van der Waals surface area contributed by atoms with E-state index < -0.39 is 0 Å². The van der Waals surface area contributed by atoms with Crippen molar-refractivity contribution in [3.05, 3.63) is 125 Å². The van der Waals surface area contributed by atoms with Gasteiger partial charge in [0.2, 0.25) is 0 Å². The Morgan fingerprint density at radius 2 is 0.833 bits per heavy atom. The summed E-state index contributed by atoms with van der Waals surface area (Å²) in [6.07, 6.45) is 7.50. The van der Waals surface area contributed by atoms with Crippen molar-refractivity contribution in [3.8, 4) is 22.3 Å². The minimum atomic E-state index is 0.300. The number of pyridine rings is 3. The molecule has 3 heterocycles. The quantitative estimate of drug-likeness (QED) is 0.143. The van der Waals surface area contributed by atoms with Gasteiger partial charge in [0.25, 0.3) is 0 Å². The molecule has 3 aromatic heterocycles. The SMILES string of the molecule is CC(=Nc1c(C(C)C)cc(-c2cccnc2)cc1C(C)C)c1cccc(C(C)=Nc2c(C(C)C)cc(-c3cccnc3)cc2C(C)C)n1. The molecule has 0 fully saturated rings. The van der Waals surface area contributed by atoms with Gasteiger partial charge in [-0.3, -0.25) is 20.0 Å². The Labute approximate surface area is 287 Å². The summed E-state index contributed by atoms with van der Waals surface area (Å²) in [5, 5.41) is 0. The van der Waals surface area contributed by atoms with Gasteiger partial charge >= 0.3 is 0 Å². The lowest BCUT2D eigenvalue weighted by Crippen LogP contribution is -2.07. The number of aromatic nitrogens is 3. The van der Waals surface area contributed by atoms with Crippen molar-refractivity contribution in [1.29, 1.82) is 0 Å². The molecule has 0 aliphatic carbocycles. The first-order chi connectivity index (χ1) is 22.9. The second kappa shape index (κ2) is 15.0. The van der Waals surface area contributed by atoms with Crippen LogP contribution in [0.4, 0.5) is 11.4 Å². The van der Waals surface area contributed by atoms with E-state index in [1.54, 1.807) is 0 Å². The van der Waals surface area contributed by atoms with Gasteiger partial charge in [0.05, 0.1) is 34.2 Å². The van der Waals surface area contributed by atoms with Gasteiger partial charge in [0, 0.05) is 35.9 Å². The van der Waals surface area contributed by atoms with Crippen LogP contribution in [0.5, 0.6) is 0 Å². The van der Waals surface area contributed by atoms with Crippen LogP contribution in [0.3, 0.4) is 0 Å². The molecule has 0 amide bonds. The standard InChI is InChI=1S/C43H49N5/c1-26(2)36-20-34(32-14-12-18-44-24-32)21-37(27(3)4)42(36)46-30(9)40-16-11-17-41(48-40)31(10)47-43-38(28(5)6)22-35(23-39(43)29(7)8)33-15-13-19-45-25-33/h11-29H,1-10H3. The summed E-state index contributed by atoms with van der Waals surface area (Å²) < 4.78 is 0. The number of benzene rings is 2. The third-order valence-corrected chi connectivity index (χ3v) is 8.87. The molecular weight excluding hydrogens is 587 g/mol. The van der Waals surface area contributed by atoms with E-state index in [-0.39, 0.29) is 0 Å². The first-order valence-corrected chi connectivity index (χ1v) is 17.2. The lowest BCUT2D eigenvalue weighted by atomic mass is 9.88. The maximum atomic E-state index is 5.30. The molecule has 5 nitrogen and oxygen atoms in total. The third kappa shape index (κ3) is 7.68. The summed E-state index contributed by atoms with van der Waals surface area (Å²) >= 11 is 0. The Balaban J connectivity index is 1.58. The zero-order valence-corrected chi connectivity index (χ0v) is 30.2. The highest BCUT2D eigenvalue weighted by Crippen LogP contribution is 2.40. The van der Waals surface area contributed by atoms with Crippen LogP contribution in [0.2, 0.25) is 0 Å². The fraction of sp³-hybridized carbons (Fsp3) is 0.326. The van der Waals surface area contributed by atoms with E-state index in [9.17, 15) is 0 Å². The van der Waals surface area contributed by atoms with E-state index in [0.29, 0.717) is 23.7 Å². The molecule has 5 heteroatoms. The second-order valence-electron chi connectivity index (χ2n) is 13.9. The summed E-state index contributed by atoms with van der Waals surface area (Å²) in [6, 6.07) is 23.5. The molecule has 0 unspecified atom stereocenters. The molecule has 0 aliphatic rings. The predicted octanol–water partition coefficient (Wildman–Crippen LogP) is 12.0. The maximum absolute atomic E-state index is 5.30. The lowest BCUT2D eigenvalue weighted by Gasteiger charge is -2.20. The molecule has 0 radical (unpaired) electrons. The molecule has 0 N–H and O–H groups in total. The van der Waals surface area contributed by atoms with E-state index >= 15 is 0 Å². The Morgan fingerprint density at radius 1 is 0.479 bits per heavy atom. The van der Waals surface area contributed by atoms with Crippen LogP contribution in [-0.2, 0) is 0 Å². The van der Waals surface area contributed by atoms with Gasteiger partial charge < -0.3 is 0 Å². The van der Waals surface area contributed by atoms with Crippen LogP contribution in [0.15, 0.2) is 102 Å². The first kappa shape index (κ1) is 34.6. The normalized spacial score (nSPS) is 12.5. The second-order valence-corrected chi connectivity index (χ2v) is 13.9. The number of rotatable bonds is 10. The van der Waals surface area contributed by atoms with Crippen molar-refractivity contribution < 1.29 is 0 Å². The summed E-state index contributed by atoms with van der Waals surface area (Å²) in [5.74, 6) is 1.20. The van der Waals surface area contributed by atoms with Crippen LogP contribution >= 0.6 is 0 Å². The van der Waals surface area contributed by atoms with E-state index in [1.165, 1.54) is 33.4 Å². The maximum Gasteiger partial charge on any atom is 0.0849 e. The van der Waals surface area contributed by atoms with E-state index in [2.05, 4.69) is 122 Å². The molecule has 2 aromatic carbocycles. The zero-order valence-electron chi connectivity index (χ0n) is 30.2. The summed E-state index contributed by atoms with van der Waals surface area (Å²) in [7, 11) is 0. The molecule has 0 saturated heterocycles. The van der Waals surface area contributed by atoms with Crippen molar-refractivity contribution >= 4 is 22.8 Å². The van der Waals surface area contributed by atoms with Crippen LogP contribution in [0.25, 0.3) is 22.3 Å². The molecule has 0 bridgehead atoms. The van der Waals surface area contributed by atoms with Crippen LogP contribution < -0.4 is 0 Å². The Hall–Kier alpha value is -4.77. The average molecular weight is 636 g/mol. The number of hydrogen-bond donors (Lipinski definition) is 0.